The molecule has 0 saturated heterocycles. The predicted molar refractivity (Wildman–Crippen MR) is 23.9 cm³/mol. The minimum Gasteiger partial charge on any atom is -0.280 e. The van der Waals surface area contributed by atoms with Crippen molar-refractivity contribution in [1.82, 2.24) is 0 Å². The molecule has 0 atom stereocenters. The van der Waals surface area contributed by atoms with Gasteiger partial charge in [0.1, 0.15) is 6.33 Å². The van der Waals surface area contributed by atoms with Crippen LogP contribution in [0.2, 0.25) is 0 Å². The van der Waals surface area contributed by atoms with Crippen LogP contribution in [0, 0.1) is 0 Å². The van der Waals surface area contributed by atoms with Gasteiger partial charge in [0.05, 0.1) is 0 Å². The van der Waals surface area contributed by atoms with Gasteiger partial charge in [-0.05, 0) is 0 Å². The predicted octanol–water partition coefficient (Wildman–Crippen LogP) is 1.62. The quantitative estimate of drug-likeness (QED) is 0.405. The van der Waals surface area contributed by atoms with E-state index in [0.717, 1.165) is 0 Å². The van der Waals surface area contributed by atoms with Gasteiger partial charge in [-0.1, -0.05) is 0 Å². The molecule has 0 aromatic carbocycles. The molecule has 29 valence electrons. The third-order valence-electron chi connectivity index (χ3n) is 0.0858. The lowest BCUT2D eigenvalue weighted by molar-refractivity contribution is 0.335. The van der Waals surface area contributed by atoms with E-state index in [4.69, 9.17) is 0 Å². The van der Waals surface area contributed by atoms with Gasteiger partial charge in [-0.25, -0.2) is 4.39 Å². The average molecular weight is 187 g/mol. The number of rotatable bonds is 0. The average Bonchev–Trinajstić information content (AvgIpc) is 1.38. The van der Waals surface area contributed by atoms with Gasteiger partial charge in [-0.2, -0.15) is 0 Å². The molecule has 3 heteroatoms. The SMILES string of the molecule is [O]C(I)=CF. The van der Waals surface area contributed by atoms with Crippen molar-refractivity contribution in [3.8, 4) is 0 Å². The Balaban J connectivity index is 3.14. The Morgan fingerprint density at radius 1 is 2.00 bits per heavy atom. The first kappa shape index (κ1) is 5.20. The maximum atomic E-state index is 10.6. The van der Waals surface area contributed by atoms with E-state index in [9.17, 15) is 9.50 Å². The van der Waals surface area contributed by atoms with Gasteiger partial charge in [-0.3, -0.25) is 5.11 Å². The summed E-state index contributed by atoms with van der Waals surface area (Å²) in [7, 11) is 0. The summed E-state index contributed by atoms with van der Waals surface area (Å²) >= 11 is 1.34. The van der Waals surface area contributed by atoms with Crippen LogP contribution in [0.4, 0.5) is 4.39 Å². The van der Waals surface area contributed by atoms with Crippen molar-refractivity contribution in [2.75, 3.05) is 0 Å². The normalized spacial score (nSPS) is 12.0. The first-order chi connectivity index (χ1) is 2.27. The Labute approximate surface area is 42.6 Å². The van der Waals surface area contributed by atoms with Crippen LogP contribution in [0.3, 0.4) is 0 Å². The molecule has 0 spiro atoms. The van der Waals surface area contributed by atoms with E-state index in [0.29, 0.717) is 0 Å². The molecule has 0 bridgehead atoms. The standard InChI is InChI=1S/C2HFIO/c3-1-2(4)5/h1H. The van der Waals surface area contributed by atoms with Crippen molar-refractivity contribution in [3.05, 3.63) is 10.1 Å². The Hall–Kier alpha value is 0.200. The molecule has 0 rings (SSSR count). The number of halogens is 2. The molecule has 0 aromatic rings. The summed E-state index contributed by atoms with van der Waals surface area (Å²) in [6, 6.07) is 0. The van der Waals surface area contributed by atoms with Crippen LogP contribution in [-0.2, 0) is 5.11 Å². The van der Waals surface area contributed by atoms with Crippen molar-refractivity contribution >= 4 is 22.6 Å². The molecule has 0 aliphatic rings. The molecule has 0 aliphatic heterocycles. The van der Waals surface area contributed by atoms with E-state index >= 15 is 0 Å². The first-order valence-electron chi connectivity index (χ1n) is 0.900. The van der Waals surface area contributed by atoms with E-state index in [1.54, 1.807) is 0 Å². The number of hydrogen-bond donors (Lipinski definition) is 0. The van der Waals surface area contributed by atoms with Gasteiger partial charge in [-0.15, -0.1) is 0 Å². The maximum Gasteiger partial charge on any atom is 0.243 e. The lowest BCUT2D eigenvalue weighted by Gasteiger charge is -1.61. The van der Waals surface area contributed by atoms with Crippen molar-refractivity contribution in [2.24, 2.45) is 0 Å². The topological polar surface area (TPSA) is 19.9 Å². The van der Waals surface area contributed by atoms with Gasteiger partial charge >= 0.3 is 0 Å². The Morgan fingerprint density at radius 3 is 2.20 bits per heavy atom. The molecule has 0 heterocycles. The summed E-state index contributed by atoms with van der Waals surface area (Å²) in [5, 5.41) is 9.37. The zero-order valence-electron chi connectivity index (χ0n) is 2.24. The second kappa shape index (κ2) is 2.44. The molecule has 0 aromatic heterocycles. The Morgan fingerprint density at radius 2 is 2.20 bits per heavy atom. The first-order valence-corrected chi connectivity index (χ1v) is 1.98. The smallest absolute Gasteiger partial charge is 0.243 e. The Bertz CT molecular complexity index is 47.6. The van der Waals surface area contributed by atoms with Crippen molar-refractivity contribution in [2.45, 2.75) is 0 Å². The summed E-state index contributed by atoms with van der Waals surface area (Å²) in [6.45, 7) is 0. The molecule has 0 fully saturated rings. The Kier molecular flexibility index (Phi) is 2.54. The monoisotopic (exact) mass is 187 g/mol. The van der Waals surface area contributed by atoms with E-state index in [2.05, 4.69) is 0 Å². The van der Waals surface area contributed by atoms with E-state index in [1.165, 1.54) is 22.6 Å². The fourth-order valence-corrected chi connectivity index (χ4v) is 0. The summed E-state index contributed by atoms with van der Waals surface area (Å²) < 4.78 is 10.1. The molecule has 0 unspecified atom stereocenters. The maximum absolute atomic E-state index is 10.6. The van der Waals surface area contributed by atoms with Crippen LogP contribution in [-0.4, -0.2) is 0 Å². The highest BCUT2D eigenvalue weighted by Gasteiger charge is 1.76. The lowest BCUT2D eigenvalue weighted by atomic mass is 11.1. The molecule has 0 saturated carbocycles. The van der Waals surface area contributed by atoms with Crippen LogP contribution >= 0.6 is 22.6 Å². The zero-order chi connectivity index (χ0) is 4.28. The van der Waals surface area contributed by atoms with Gasteiger partial charge in [0.25, 0.3) is 0 Å². The van der Waals surface area contributed by atoms with Crippen molar-refractivity contribution in [1.29, 1.82) is 0 Å². The van der Waals surface area contributed by atoms with Crippen LogP contribution in [0.1, 0.15) is 0 Å². The van der Waals surface area contributed by atoms with E-state index < -0.39 is 3.77 Å². The summed E-state index contributed by atoms with van der Waals surface area (Å²) in [6.07, 6.45) is 0.0144. The van der Waals surface area contributed by atoms with Gasteiger partial charge < -0.3 is 0 Å². The second-order valence-corrected chi connectivity index (χ2v) is 1.48. The molecule has 0 N–H and O–H groups in total. The van der Waals surface area contributed by atoms with Crippen LogP contribution in [0.15, 0.2) is 10.1 Å². The number of hydrogen-bond acceptors (Lipinski definition) is 0. The fraction of sp³-hybridized carbons (Fsp3) is 0. The van der Waals surface area contributed by atoms with Gasteiger partial charge in [0.2, 0.25) is 3.77 Å². The van der Waals surface area contributed by atoms with Crippen molar-refractivity contribution in [3.63, 3.8) is 0 Å². The molecular weight excluding hydrogens is 186 g/mol. The second-order valence-electron chi connectivity index (χ2n) is 0.413. The zero-order valence-corrected chi connectivity index (χ0v) is 4.40. The molecule has 1 nitrogen and oxygen atoms in total. The highest BCUT2D eigenvalue weighted by Crippen LogP contribution is 1.98. The van der Waals surface area contributed by atoms with E-state index in [1.807, 2.05) is 0 Å². The van der Waals surface area contributed by atoms with Crippen LogP contribution in [0.25, 0.3) is 0 Å². The van der Waals surface area contributed by atoms with Crippen molar-refractivity contribution < 1.29 is 9.50 Å². The molecule has 0 aliphatic carbocycles. The lowest BCUT2D eigenvalue weighted by Crippen LogP contribution is -1.47. The highest BCUT2D eigenvalue weighted by atomic mass is 127. The van der Waals surface area contributed by atoms with E-state index in [-0.39, 0.29) is 6.33 Å². The third kappa shape index (κ3) is 4.20. The minimum absolute atomic E-state index is 0.0144. The summed E-state index contributed by atoms with van der Waals surface area (Å²) in [5.74, 6) is 0. The van der Waals surface area contributed by atoms with Gasteiger partial charge in [0, 0.05) is 22.6 Å². The molecule has 0 amide bonds. The molecule has 1 radical (unpaired) electrons. The summed E-state index contributed by atoms with van der Waals surface area (Å²) in [4.78, 5) is 0. The molecule has 5 heavy (non-hydrogen) atoms. The highest BCUT2D eigenvalue weighted by molar-refractivity contribution is 14.1. The minimum atomic E-state index is -0.567. The summed E-state index contributed by atoms with van der Waals surface area (Å²) in [5.41, 5.74) is 0. The van der Waals surface area contributed by atoms with Gasteiger partial charge in [0.15, 0.2) is 0 Å². The van der Waals surface area contributed by atoms with Crippen LogP contribution in [0.5, 0.6) is 0 Å². The van der Waals surface area contributed by atoms with Crippen LogP contribution < -0.4 is 0 Å². The molecular formula is C2HFIO. The third-order valence-corrected chi connectivity index (χ3v) is 0.321. The largest absolute Gasteiger partial charge is 0.280 e. The fourth-order valence-electron chi connectivity index (χ4n) is 0.